The van der Waals surface area contributed by atoms with Gasteiger partial charge in [-0.25, -0.2) is 13.4 Å². The summed E-state index contributed by atoms with van der Waals surface area (Å²) >= 11 is 1.51. The number of carbonyl (C=O) groups excluding carboxylic acids is 1. The number of fused-ring (bicyclic) bond motifs is 1. The minimum absolute atomic E-state index is 0.297. The summed E-state index contributed by atoms with van der Waals surface area (Å²) in [7, 11) is -3.37. The maximum atomic E-state index is 13.0. The molecule has 0 bridgehead atoms. The molecule has 4 aromatic rings. The van der Waals surface area contributed by atoms with Gasteiger partial charge in [-0.3, -0.25) is 9.52 Å². The molecule has 0 aliphatic heterocycles. The molecule has 0 aliphatic rings. The zero-order valence-electron chi connectivity index (χ0n) is 15.5. The fourth-order valence-electron chi connectivity index (χ4n) is 2.86. The van der Waals surface area contributed by atoms with Crippen molar-refractivity contribution in [3.8, 4) is 10.6 Å². The maximum Gasteiger partial charge on any atom is 0.259 e. The average molecular weight is 428 g/mol. The highest BCUT2D eigenvalue weighted by Gasteiger charge is 2.20. The summed E-state index contributed by atoms with van der Waals surface area (Å²) in [5.74, 6) is -0.342. The minimum atomic E-state index is -3.37. The number of benzene rings is 1. The first-order chi connectivity index (χ1) is 13.8. The third kappa shape index (κ3) is 4.13. The van der Waals surface area contributed by atoms with Gasteiger partial charge in [0, 0.05) is 11.4 Å². The summed E-state index contributed by atoms with van der Waals surface area (Å²) in [6, 6.07) is 11.9. The van der Waals surface area contributed by atoms with Gasteiger partial charge in [0.25, 0.3) is 11.6 Å². The van der Waals surface area contributed by atoms with E-state index in [0.717, 1.165) is 11.1 Å². The molecule has 8 nitrogen and oxygen atoms in total. The quantitative estimate of drug-likeness (QED) is 0.499. The molecule has 0 atom stereocenters. The van der Waals surface area contributed by atoms with Gasteiger partial charge in [0.05, 0.1) is 33.5 Å². The van der Waals surface area contributed by atoms with Gasteiger partial charge in [-0.15, -0.1) is 11.3 Å². The number of nitrogens with zero attached hydrogens (tertiary/aromatic N) is 2. The van der Waals surface area contributed by atoms with Crippen LogP contribution < -0.4 is 10.0 Å². The SMILES string of the molecule is Cc1noc2nc(-c3cccs3)cc(C(=O)Nc3ccc(NS(C)(=O)=O)cc3)c12. The van der Waals surface area contributed by atoms with Crippen molar-refractivity contribution in [3.63, 3.8) is 0 Å². The predicted octanol–water partition coefficient (Wildman–Crippen LogP) is 3.88. The Labute approximate surface area is 170 Å². The van der Waals surface area contributed by atoms with E-state index in [2.05, 4.69) is 20.2 Å². The molecular formula is C19H16N4O4S2. The molecule has 0 spiro atoms. The number of hydrogen-bond acceptors (Lipinski definition) is 7. The minimum Gasteiger partial charge on any atom is -0.335 e. The van der Waals surface area contributed by atoms with Gasteiger partial charge in [0.2, 0.25) is 10.0 Å². The second-order valence-electron chi connectivity index (χ2n) is 6.39. The molecule has 0 saturated heterocycles. The van der Waals surface area contributed by atoms with E-state index < -0.39 is 10.0 Å². The van der Waals surface area contributed by atoms with E-state index in [1.807, 2.05) is 17.5 Å². The molecule has 3 aromatic heterocycles. The summed E-state index contributed by atoms with van der Waals surface area (Å²) < 4.78 is 30.3. The lowest BCUT2D eigenvalue weighted by Gasteiger charge is -2.09. The number of amides is 1. The second-order valence-corrected chi connectivity index (χ2v) is 9.08. The topological polar surface area (TPSA) is 114 Å². The Morgan fingerprint density at radius 2 is 1.86 bits per heavy atom. The van der Waals surface area contributed by atoms with Gasteiger partial charge in [-0.05, 0) is 48.7 Å². The molecule has 2 N–H and O–H groups in total. The van der Waals surface area contributed by atoms with Crippen LogP contribution in [0, 0.1) is 6.92 Å². The van der Waals surface area contributed by atoms with Gasteiger partial charge in [-0.1, -0.05) is 11.2 Å². The Morgan fingerprint density at radius 3 is 2.52 bits per heavy atom. The van der Waals surface area contributed by atoms with E-state index in [1.165, 1.54) is 11.3 Å². The highest BCUT2D eigenvalue weighted by atomic mass is 32.2. The molecule has 4 rings (SSSR count). The molecule has 3 heterocycles. The lowest BCUT2D eigenvalue weighted by Crippen LogP contribution is -2.13. The van der Waals surface area contributed by atoms with Crippen molar-refractivity contribution in [1.82, 2.24) is 10.1 Å². The number of hydrogen-bond donors (Lipinski definition) is 2. The van der Waals surface area contributed by atoms with E-state index >= 15 is 0 Å². The van der Waals surface area contributed by atoms with Crippen molar-refractivity contribution in [1.29, 1.82) is 0 Å². The Morgan fingerprint density at radius 1 is 1.14 bits per heavy atom. The maximum absolute atomic E-state index is 13.0. The number of rotatable bonds is 5. The molecule has 148 valence electrons. The number of anilines is 2. The fraction of sp³-hybridized carbons (Fsp3) is 0.105. The zero-order chi connectivity index (χ0) is 20.6. The number of sulfonamides is 1. The standard InChI is InChI=1S/C19H16N4O4S2/c1-11-17-14(10-15(16-4-3-9-28-16)21-19(17)27-22-11)18(24)20-12-5-7-13(8-6-12)23-29(2,25)26/h3-10,23H,1-2H3,(H,20,24). The Hall–Kier alpha value is -3.24. The van der Waals surface area contributed by atoms with Crippen molar-refractivity contribution in [3.05, 3.63) is 59.1 Å². The van der Waals surface area contributed by atoms with E-state index in [9.17, 15) is 13.2 Å². The third-order valence-corrected chi connectivity index (χ3v) is 5.58. The number of aryl methyl sites for hydroxylation is 1. The largest absolute Gasteiger partial charge is 0.335 e. The van der Waals surface area contributed by atoms with Gasteiger partial charge in [-0.2, -0.15) is 0 Å². The van der Waals surface area contributed by atoms with Gasteiger partial charge in [0.1, 0.15) is 0 Å². The molecule has 0 unspecified atom stereocenters. The van der Waals surface area contributed by atoms with E-state index in [-0.39, 0.29) is 5.91 Å². The molecule has 0 fully saturated rings. The van der Waals surface area contributed by atoms with Crippen molar-refractivity contribution in [2.45, 2.75) is 6.92 Å². The average Bonchev–Trinajstić information content (AvgIpc) is 3.32. The fourth-order valence-corrected chi connectivity index (χ4v) is 4.11. The van der Waals surface area contributed by atoms with Crippen LogP contribution in [0.15, 0.2) is 52.4 Å². The number of pyridine rings is 1. The lowest BCUT2D eigenvalue weighted by molar-refractivity contribution is 0.102. The highest BCUT2D eigenvalue weighted by molar-refractivity contribution is 7.92. The first-order valence-corrected chi connectivity index (χ1v) is 11.3. The number of thiophene rings is 1. The van der Waals surface area contributed by atoms with Crippen LogP contribution in [0.25, 0.3) is 21.7 Å². The zero-order valence-corrected chi connectivity index (χ0v) is 17.1. The normalized spacial score (nSPS) is 11.5. The smallest absolute Gasteiger partial charge is 0.259 e. The molecule has 1 aromatic carbocycles. The summed E-state index contributed by atoms with van der Waals surface area (Å²) in [5, 5.41) is 9.24. The second kappa shape index (κ2) is 7.30. The van der Waals surface area contributed by atoms with E-state index in [0.29, 0.717) is 39.4 Å². The lowest BCUT2D eigenvalue weighted by atomic mass is 10.1. The molecule has 1 amide bonds. The number of aromatic nitrogens is 2. The van der Waals surface area contributed by atoms with E-state index in [1.54, 1.807) is 37.3 Å². The van der Waals surface area contributed by atoms with Crippen LogP contribution in [0.4, 0.5) is 11.4 Å². The highest BCUT2D eigenvalue weighted by Crippen LogP contribution is 2.30. The molecule has 0 saturated carbocycles. The van der Waals surface area contributed by atoms with Crippen LogP contribution in [0.1, 0.15) is 16.1 Å². The Kier molecular flexibility index (Phi) is 4.81. The number of carbonyl (C=O) groups is 1. The molecule has 29 heavy (non-hydrogen) atoms. The predicted molar refractivity (Wildman–Crippen MR) is 113 cm³/mol. The van der Waals surface area contributed by atoms with Crippen LogP contribution in [0.5, 0.6) is 0 Å². The molecule has 10 heteroatoms. The third-order valence-electron chi connectivity index (χ3n) is 4.08. The van der Waals surface area contributed by atoms with Crippen LogP contribution in [-0.2, 0) is 10.0 Å². The summed E-state index contributed by atoms with van der Waals surface area (Å²) in [6.45, 7) is 1.75. The number of nitrogens with one attached hydrogen (secondary N) is 2. The molecular weight excluding hydrogens is 412 g/mol. The molecule has 0 aliphatic carbocycles. The monoisotopic (exact) mass is 428 g/mol. The van der Waals surface area contributed by atoms with Crippen molar-refractivity contribution in [2.24, 2.45) is 0 Å². The first-order valence-electron chi connectivity index (χ1n) is 8.50. The van der Waals surface area contributed by atoms with Gasteiger partial charge < -0.3 is 9.84 Å². The Bertz CT molecular complexity index is 1290. The summed E-state index contributed by atoms with van der Waals surface area (Å²) in [6.07, 6.45) is 1.07. The molecule has 0 radical (unpaired) electrons. The summed E-state index contributed by atoms with van der Waals surface area (Å²) in [4.78, 5) is 18.4. The van der Waals surface area contributed by atoms with Crippen molar-refractivity contribution >= 4 is 49.7 Å². The van der Waals surface area contributed by atoms with Gasteiger partial charge in [0.15, 0.2) is 0 Å². The first kappa shape index (κ1) is 19.1. The summed E-state index contributed by atoms with van der Waals surface area (Å²) in [5.41, 5.74) is 2.82. The van der Waals surface area contributed by atoms with Crippen LogP contribution in [0.3, 0.4) is 0 Å². The van der Waals surface area contributed by atoms with Crippen molar-refractivity contribution < 1.29 is 17.7 Å². The van der Waals surface area contributed by atoms with Crippen molar-refractivity contribution in [2.75, 3.05) is 16.3 Å². The Balaban J connectivity index is 1.67. The van der Waals surface area contributed by atoms with E-state index in [4.69, 9.17) is 4.52 Å². The van der Waals surface area contributed by atoms with Crippen LogP contribution in [0.2, 0.25) is 0 Å². The van der Waals surface area contributed by atoms with Gasteiger partial charge >= 0.3 is 0 Å². The van der Waals surface area contributed by atoms with Crippen LogP contribution in [-0.4, -0.2) is 30.7 Å². The van der Waals surface area contributed by atoms with Crippen LogP contribution >= 0.6 is 11.3 Å².